The number of carboxylic acids is 1. The van der Waals surface area contributed by atoms with Gasteiger partial charge in [0.1, 0.15) is 18.1 Å². The molecule has 2 aromatic rings. The number of hydrogen-bond donors (Lipinski definition) is 1. The average molecular weight is 458 g/mol. The van der Waals surface area contributed by atoms with E-state index in [9.17, 15) is 14.7 Å². The smallest absolute Gasteiger partial charge is 0.415 e. The van der Waals surface area contributed by atoms with Crippen molar-refractivity contribution in [1.82, 2.24) is 4.90 Å². The van der Waals surface area contributed by atoms with Gasteiger partial charge in [-0.25, -0.2) is 9.59 Å². The summed E-state index contributed by atoms with van der Waals surface area (Å²) >= 11 is 0. The zero-order valence-electron chi connectivity index (χ0n) is 20.0. The van der Waals surface area contributed by atoms with Crippen molar-refractivity contribution in [3.8, 4) is 11.5 Å². The Hall–Kier alpha value is -3.06. The van der Waals surface area contributed by atoms with Gasteiger partial charge in [-0.1, -0.05) is 38.1 Å². The number of carbonyl (C=O) groups is 2. The topological polar surface area (TPSA) is 85.3 Å². The third-order valence-electron chi connectivity index (χ3n) is 5.05. The van der Waals surface area contributed by atoms with Crippen molar-refractivity contribution in [2.24, 2.45) is 5.92 Å². The molecule has 0 heterocycles. The van der Waals surface area contributed by atoms with Gasteiger partial charge >= 0.3 is 12.1 Å². The molecule has 0 aromatic heterocycles. The van der Waals surface area contributed by atoms with E-state index in [1.807, 2.05) is 37.3 Å². The van der Waals surface area contributed by atoms with Crippen LogP contribution >= 0.6 is 0 Å². The molecule has 0 aliphatic carbocycles. The lowest BCUT2D eigenvalue weighted by atomic mass is 10.1. The van der Waals surface area contributed by atoms with Crippen molar-refractivity contribution in [3.63, 3.8) is 0 Å². The van der Waals surface area contributed by atoms with Gasteiger partial charge in [-0.05, 0) is 61.6 Å². The zero-order valence-corrected chi connectivity index (χ0v) is 20.0. The van der Waals surface area contributed by atoms with E-state index in [1.165, 1.54) is 0 Å². The van der Waals surface area contributed by atoms with Gasteiger partial charge in [-0.3, -0.25) is 0 Å². The lowest BCUT2D eigenvalue weighted by Crippen LogP contribution is -2.38. The number of amides is 1. The maximum atomic E-state index is 12.7. The van der Waals surface area contributed by atoms with Crippen molar-refractivity contribution in [2.45, 2.75) is 46.6 Å². The van der Waals surface area contributed by atoms with Gasteiger partial charge in [0.25, 0.3) is 0 Å². The Kier molecular flexibility index (Phi) is 10.7. The molecule has 1 N–H and O–H groups in total. The fourth-order valence-electron chi connectivity index (χ4n) is 3.18. The SMILES string of the molecule is CCOC(Cc1ccc(OCCN(CCC(C)C)C(=O)Oc2cccc(C)c2)cc1)C(=O)O. The Morgan fingerprint density at radius 2 is 1.76 bits per heavy atom. The summed E-state index contributed by atoms with van der Waals surface area (Å²) in [6.07, 6.45) is -0.106. The number of aliphatic carboxylic acids is 1. The van der Waals surface area contributed by atoms with Gasteiger partial charge in [0, 0.05) is 19.6 Å². The molecule has 1 atom stereocenters. The van der Waals surface area contributed by atoms with E-state index >= 15 is 0 Å². The minimum absolute atomic E-state index is 0.289. The number of aryl methyl sites for hydroxylation is 1. The van der Waals surface area contributed by atoms with Crippen LogP contribution < -0.4 is 9.47 Å². The normalized spacial score (nSPS) is 11.8. The van der Waals surface area contributed by atoms with E-state index in [0.717, 1.165) is 17.5 Å². The van der Waals surface area contributed by atoms with Gasteiger partial charge in [-0.2, -0.15) is 0 Å². The van der Waals surface area contributed by atoms with Gasteiger partial charge in [0.05, 0.1) is 6.54 Å². The Morgan fingerprint density at radius 3 is 2.36 bits per heavy atom. The van der Waals surface area contributed by atoms with Crippen molar-refractivity contribution < 1.29 is 28.9 Å². The third kappa shape index (κ3) is 9.53. The second kappa shape index (κ2) is 13.5. The fourth-order valence-corrected chi connectivity index (χ4v) is 3.18. The molecule has 0 spiro atoms. The monoisotopic (exact) mass is 457 g/mol. The van der Waals surface area contributed by atoms with E-state index in [2.05, 4.69) is 13.8 Å². The van der Waals surface area contributed by atoms with E-state index in [-0.39, 0.29) is 6.42 Å². The molecule has 2 rings (SSSR count). The first-order valence-electron chi connectivity index (χ1n) is 11.4. The average Bonchev–Trinajstić information content (AvgIpc) is 2.76. The predicted molar refractivity (Wildman–Crippen MR) is 127 cm³/mol. The molecular formula is C26H35NO6. The van der Waals surface area contributed by atoms with Crippen LogP contribution in [-0.2, 0) is 16.0 Å². The van der Waals surface area contributed by atoms with Crippen molar-refractivity contribution in [3.05, 3.63) is 59.7 Å². The molecule has 1 amide bonds. The molecule has 7 heteroatoms. The van der Waals surface area contributed by atoms with Crippen LogP contribution in [0.4, 0.5) is 4.79 Å². The third-order valence-corrected chi connectivity index (χ3v) is 5.05. The van der Waals surface area contributed by atoms with Crippen LogP contribution in [0.2, 0.25) is 0 Å². The number of nitrogens with zero attached hydrogens (tertiary/aromatic N) is 1. The van der Waals surface area contributed by atoms with Gasteiger partial charge < -0.3 is 24.2 Å². The lowest BCUT2D eigenvalue weighted by Gasteiger charge is -2.23. The summed E-state index contributed by atoms with van der Waals surface area (Å²) < 4.78 is 16.6. The van der Waals surface area contributed by atoms with E-state index in [0.29, 0.717) is 43.7 Å². The van der Waals surface area contributed by atoms with E-state index < -0.39 is 18.2 Å². The second-order valence-corrected chi connectivity index (χ2v) is 8.33. The van der Waals surface area contributed by atoms with Gasteiger partial charge in [0.15, 0.2) is 6.10 Å². The highest BCUT2D eigenvalue weighted by molar-refractivity contribution is 5.72. The molecule has 0 bridgehead atoms. The number of rotatable bonds is 13. The molecule has 0 saturated heterocycles. The molecule has 0 fully saturated rings. The van der Waals surface area contributed by atoms with E-state index in [4.69, 9.17) is 14.2 Å². The summed E-state index contributed by atoms with van der Waals surface area (Å²) in [6.45, 7) is 9.59. The molecule has 0 radical (unpaired) electrons. The predicted octanol–water partition coefficient (Wildman–Crippen LogP) is 4.95. The van der Waals surface area contributed by atoms with Crippen LogP contribution in [0.15, 0.2) is 48.5 Å². The molecule has 33 heavy (non-hydrogen) atoms. The molecule has 2 aromatic carbocycles. The Labute approximate surface area is 196 Å². The maximum absolute atomic E-state index is 12.7. The van der Waals surface area contributed by atoms with Gasteiger partial charge in [0.2, 0.25) is 0 Å². The van der Waals surface area contributed by atoms with Crippen LogP contribution in [-0.4, -0.2) is 54.5 Å². The molecule has 0 saturated carbocycles. The van der Waals surface area contributed by atoms with Crippen LogP contribution in [0.1, 0.15) is 38.3 Å². The molecule has 0 aliphatic rings. The highest BCUT2D eigenvalue weighted by Gasteiger charge is 2.18. The van der Waals surface area contributed by atoms with Gasteiger partial charge in [-0.15, -0.1) is 0 Å². The van der Waals surface area contributed by atoms with Crippen molar-refractivity contribution >= 4 is 12.1 Å². The first-order chi connectivity index (χ1) is 15.8. The number of carbonyl (C=O) groups excluding carboxylic acids is 1. The van der Waals surface area contributed by atoms with Crippen LogP contribution in [0.5, 0.6) is 11.5 Å². The Morgan fingerprint density at radius 1 is 1.03 bits per heavy atom. The number of benzene rings is 2. The number of hydrogen-bond acceptors (Lipinski definition) is 5. The van der Waals surface area contributed by atoms with Crippen LogP contribution in [0.3, 0.4) is 0 Å². The summed E-state index contributed by atoms with van der Waals surface area (Å²) in [6, 6.07) is 14.6. The van der Waals surface area contributed by atoms with Crippen molar-refractivity contribution in [1.29, 1.82) is 0 Å². The first-order valence-corrected chi connectivity index (χ1v) is 11.4. The Balaban J connectivity index is 1.91. The Bertz CT molecular complexity index is 881. The fraction of sp³-hybridized carbons (Fsp3) is 0.462. The first kappa shape index (κ1) is 26.2. The van der Waals surface area contributed by atoms with Crippen molar-refractivity contribution in [2.75, 3.05) is 26.3 Å². The summed E-state index contributed by atoms with van der Waals surface area (Å²) in [5.74, 6) is 0.658. The lowest BCUT2D eigenvalue weighted by molar-refractivity contribution is -0.149. The summed E-state index contributed by atoms with van der Waals surface area (Å²) in [5, 5.41) is 9.23. The zero-order chi connectivity index (χ0) is 24.2. The summed E-state index contributed by atoms with van der Waals surface area (Å²) in [7, 11) is 0. The van der Waals surface area contributed by atoms with E-state index in [1.54, 1.807) is 30.0 Å². The highest BCUT2D eigenvalue weighted by atomic mass is 16.6. The van der Waals surface area contributed by atoms with Crippen LogP contribution in [0, 0.1) is 12.8 Å². The van der Waals surface area contributed by atoms with Crippen LogP contribution in [0.25, 0.3) is 0 Å². The standard InChI is InChI=1S/C26H35NO6/c1-5-31-24(25(28)29)18-21-9-11-22(12-10-21)32-16-15-27(14-13-19(2)3)26(30)33-23-8-6-7-20(4)17-23/h6-12,17,19,24H,5,13-16,18H2,1-4H3,(H,28,29). The molecule has 180 valence electrons. The second-order valence-electron chi connectivity index (χ2n) is 8.33. The summed E-state index contributed by atoms with van der Waals surface area (Å²) in [5.41, 5.74) is 1.88. The maximum Gasteiger partial charge on any atom is 0.415 e. The minimum atomic E-state index is -0.976. The minimum Gasteiger partial charge on any atom is -0.492 e. The summed E-state index contributed by atoms with van der Waals surface area (Å²) in [4.78, 5) is 25.6. The molecule has 7 nitrogen and oxygen atoms in total. The molecule has 0 aliphatic heterocycles. The largest absolute Gasteiger partial charge is 0.492 e. The number of ether oxygens (including phenoxy) is 3. The quantitative estimate of drug-likeness (QED) is 0.458. The molecular weight excluding hydrogens is 422 g/mol. The highest BCUT2D eigenvalue weighted by Crippen LogP contribution is 2.16. The number of carboxylic acid groups (broad SMARTS) is 1. The molecule has 1 unspecified atom stereocenters.